The summed E-state index contributed by atoms with van der Waals surface area (Å²) >= 11 is 6.18. The Bertz CT molecular complexity index is 925. The third-order valence-electron chi connectivity index (χ3n) is 5.94. The fourth-order valence-corrected chi connectivity index (χ4v) is 4.64. The molecule has 30 heavy (non-hydrogen) atoms. The molecule has 2 atom stereocenters. The average molecular weight is 453 g/mol. The first kappa shape index (κ1) is 22.9. The van der Waals surface area contributed by atoms with E-state index in [0.717, 1.165) is 18.0 Å². The molecule has 1 fully saturated rings. The van der Waals surface area contributed by atoms with Gasteiger partial charge in [0.15, 0.2) is 0 Å². The Morgan fingerprint density at radius 2 is 1.97 bits per heavy atom. The van der Waals surface area contributed by atoms with Crippen LogP contribution >= 0.6 is 11.6 Å². The monoisotopic (exact) mass is 452 g/mol. The van der Waals surface area contributed by atoms with Crippen molar-refractivity contribution in [3.63, 3.8) is 0 Å². The Morgan fingerprint density at radius 1 is 1.27 bits per heavy atom. The summed E-state index contributed by atoms with van der Waals surface area (Å²) in [7, 11) is -1.18. The Kier molecular flexibility index (Phi) is 7.29. The summed E-state index contributed by atoms with van der Waals surface area (Å²) in [6, 6.07) is 14.8. The van der Waals surface area contributed by atoms with Crippen molar-refractivity contribution < 1.29 is 18.3 Å². The molecule has 3 rings (SSSR count). The second-order valence-corrected chi connectivity index (χ2v) is 9.73. The molecule has 1 saturated heterocycles. The van der Waals surface area contributed by atoms with Crippen molar-refractivity contribution in [1.29, 1.82) is 0 Å². The fourth-order valence-electron chi connectivity index (χ4n) is 4.12. The van der Waals surface area contributed by atoms with Crippen LogP contribution in [0.4, 0.5) is 5.69 Å². The van der Waals surface area contributed by atoms with Crippen LogP contribution < -0.4 is 9.04 Å². The summed E-state index contributed by atoms with van der Waals surface area (Å²) in [5, 5.41) is 11.3. The Balaban J connectivity index is 1.55. The molecule has 1 N–H and O–H groups in total. The molecule has 1 heterocycles. The number of ether oxygens (including phenoxy) is 1. The van der Waals surface area contributed by atoms with E-state index in [1.54, 1.807) is 24.3 Å². The number of thiol groups is 1. The normalized spacial score (nSPS) is 19.7. The highest BCUT2D eigenvalue weighted by atomic mass is 35.5. The molecule has 1 aliphatic heterocycles. The van der Waals surface area contributed by atoms with Crippen molar-refractivity contribution in [1.82, 2.24) is 4.90 Å². The second-order valence-electron chi connectivity index (χ2n) is 8.22. The van der Waals surface area contributed by atoms with E-state index in [0.29, 0.717) is 23.9 Å². The van der Waals surface area contributed by atoms with Crippen molar-refractivity contribution in [2.24, 2.45) is 0 Å². The van der Waals surface area contributed by atoms with Crippen molar-refractivity contribution in [3.8, 4) is 5.75 Å². The number of benzene rings is 2. The van der Waals surface area contributed by atoms with E-state index in [1.165, 1.54) is 16.9 Å². The number of β-amino-alcohol motifs (C(OH)–C–C–N with tert-alkyl or cyclic N) is 1. The smallest absolute Gasteiger partial charge is 0.224 e. The van der Waals surface area contributed by atoms with E-state index in [2.05, 4.69) is 24.8 Å². The fraction of sp³-hybridized carbons (Fsp3) is 0.455. The Hall–Kier alpha value is -1.80. The molecule has 0 amide bonds. The van der Waals surface area contributed by atoms with Gasteiger partial charge in [-0.15, -0.1) is 0 Å². The molecule has 0 aromatic heterocycles. The van der Waals surface area contributed by atoms with Crippen molar-refractivity contribution >= 4 is 28.2 Å². The minimum atomic E-state index is -2.67. The van der Waals surface area contributed by atoms with Crippen molar-refractivity contribution in [3.05, 3.63) is 59.1 Å². The quantitative estimate of drug-likeness (QED) is 0.601. The van der Waals surface area contributed by atoms with E-state index in [-0.39, 0.29) is 12.1 Å². The summed E-state index contributed by atoms with van der Waals surface area (Å²) in [4.78, 5) is 2.30. The molecule has 0 saturated carbocycles. The van der Waals surface area contributed by atoms with E-state index in [4.69, 9.17) is 16.3 Å². The van der Waals surface area contributed by atoms with Gasteiger partial charge in [-0.05, 0) is 68.8 Å². The first-order valence-electron chi connectivity index (χ1n) is 9.98. The molecular formula is C22H29ClN2O4S. The largest absolute Gasteiger partial charge is 0.491 e. The summed E-state index contributed by atoms with van der Waals surface area (Å²) in [6.07, 6.45) is 0.374. The highest BCUT2D eigenvalue weighted by Crippen LogP contribution is 2.42. The van der Waals surface area contributed by atoms with Gasteiger partial charge in [0.25, 0.3) is 0 Å². The summed E-state index contributed by atoms with van der Waals surface area (Å²) in [5.41, 5.74) is 1.68. The molecule has 0 aliphatic carbocycles. The van der Waals surface area contributed by atoms with Crippen molar-refractivity contribution in [2.75, 3.05) is 31.0 Å². The van der Waals surface area contributed by atoms with Crippen LogP contribution in [0.5, 0.6) is 5.75 Å². The van der Waals surface area contributed by atoms with Gasteiger partial charge in [0.1, 0.15) is 18.5 Å². The van der Waals surface area contributed by atoms with Gasteiger partial charge in [0.2, 0.25) is 10.9 Å². The summed E-state index contributed by atoms with van der Waals surface area (Å²) < 4.78 is 28.9. The van der Waals surface area contributed by atoms with Gasteiger partial charge < -0.3 is 9.84 Å². The van der Waals surface area contributed by atoms with Crippen LogP contribution in [0.15, 0.2) is 48.5 Å². The maximum absolute atomic E-state index is 11.0. The first-order valence-corrected chi connectivity index (χ1v) is 11.5. The molecule has 2 aromatic rings. The lowest BCUT2D eigenvalue weighted by molar-refractivity contribution is 0.0433. The molecule has 1 aliphatic rings. The lowest BCUT2D eigenvalue weighted by Crippen LogP contribution is -2.46. The molecule has 8 heteroatoms. The molecule has 1 unspecified atom stereocenters. The van der Waals surface area contributed by atoms with Crippen LogP contribution in [0.3, 0.4) is 0 Å². The maximum atomic E-state index is 11.0. The molecule has 0 bridgehead atoms. The number of nitrogens with zero attached hydrogens (tertiary/aromatic N) is 2. The number of aliphatic hydroxyl groups excluding tert-OH is 1. The number of rotatable bonds is 8. The number of anilines is 1. The number of aliphatic hydroxyl groups is 1. The van der Waals surface area contributed by atoms with Gasteiger partial charge in [-0.25, -0.2) is 8.42 Å². The zero-order chi connectivity index (χ0) is 21.9. The van der Waals surface area contributed by atoms with Gasteiger partial charge in [-0.2, -0.15) is 0 Å². The van der Waals surface area contributed by atoms with Crippen LogP contribution in [0, 0.1) is 0 Å². The van der Waals surface area contributed by atoms with Crippen LogP contribution in [0.25, 0.3) is 0 Å². The maximum Gasteiger partial charge on any atom is 0.224 e. The van der Waals surface area contributed by atoms with E-state index < -0.39 is 17.0 Å². The predicted octanol–water partition coefficient (Wildman–Crippen LogP) is 3.31. The minimum Gasteiger partial charge on any atom is -0.491 e. The van der Waals surface area contributed by atoms with Gasteiger partial charge in [-0.3, -0.25) is 9.21 Å². The summed E-state index contributed by atoms with van der Waals surface area (Å²) in [6.45, 7) is 5.99. The predicted molar refractivity (Wildman–Crippen MR) is 121 cm³/mol. The molecule has 0 spiro atoms. The number of likely N-dealkylation sites (tertiary alicyclic amines) is 1. The molecular weight excluding hydrogens is 424 g/mol. The van der Waals surface area contributed by atoms with Crippen LogP contribution in [0.2, 0.25) is 5.02 Å². The van der Waals surface area contributed by atoms with Gasteiger partial charge >= 0.3 is 0 Å². The SMILES string of the molecule is CN(c1ccc(OC[C@@H](O)CN2CCC(c3cccc(Cl)c3)C2(C)C)cc1)[SH](=O)=O. The molecule has 2 aromatic carbocycles. The van der Waals surface area contributed by atoms with Crippen LogP contribution in [0.1, 0.15) is 31.7 Å². The average Bonchev–Trinajstić information content (AvgIpc) is 3.00. The number of halogens is 1. The van der Waals surface area contributed by atoms with Crippen LogP contribution in [-0.2, 0) is 10.9 Å². The topological polar surface area (TPSA) is 70.1 Å². The highest BCUT2D eigenvalue weighted by Gasteiger charge is 2.42. The zero-order valence-electron chi connectivity index (χ0n) is 17.5. The highest BCUT2D eigenvalue weighted by molar-refractivity contribution is 7.74. The van der Waals surface area contributed by atoms with Crippen molar-refractivity contribution in [2.45, 2.75) is 37.8 Å². The summed E-state index contributed by atoms with van der Waals surface area (Å²) in [5.74, 6) is 0.936. The van der Waals surface area contributed by atoms with Gasteiger partial charge in [0, 0.05) is 30.1 Å². The Morgan fingerprint density at radius 3 is 2.60 bits per heavy atom. The third kappa shape index (κ3) is 5.27. The van der Waals surface area contributed by atoms with Crippen LogP contribution in [-0.4, -0.2) is 56.8 Å². The zero-order valence-corrected chi connectivity index (χ0v) is 19.1. The number of hydrogen-bond donors (Lipinski definition) is 2. The second kappa shape index (κ2) is 9.56. The molecule has 164 valence electrons. The molecule has 0 radical (unpaired) electrons. The lowest BCUT2D eigenvalue weighted by Gasteiger charge is -2.37. The van der Waals surface area contributed by atoms with E-state index in [9.17, 15) is 13.5 Å². The minimum absolute atomic E-state index is 0.104. The standard InChI is InChI=1S/C22H29ClN2O4S/c1-22(2)21(16-5-4-6-17(23)13-16)11-12-25(22)14-19(26)15-29-20-9-7-18(8-10-20)24(3)30(27)28/h4-10,13,19,21,26,30H,11-12,14-15H2,1-3H3/t19-,21?/m0/s1. The van der Waals surface area contributed by atoms with E-state index in [1.807, 2.05) is 18.2 Å². The van der Waals surface area contributed by atoms with Gasteiger partial charge in [-0.1, -0.05) is 23.7 Å². The number of hydrogen-bond acceptors (Lipinski definition) is 5. The van der Waals surface area contributed by atoms with E-state index >= 15 is 0 Å². The first-order chi connectivity index (χ1) is 14.2. The Labute approximate surface area is 185 Å². The lowest BCUT2D eigenvalue weighted by atomic mass is 9.82. The molecule has 6 nitrogen and oxygen atoms in total. The van der Waals surface area contributed by atoms with Gasteiger partial charge in [0.05, 0.1) is 5.69 Å². The third-order valence-corrected chi connectivity index (χ3v) is 6.89.